The maximum Gasteiger partial charge on any atom is 0.133 e. The molecule has 4 aromatic carbocycles. The van der Waals surface area contributed by atoms with Crippen molar-refractivity contribution in [3.05, 3.63) is 116 Å². The summed E-state index contributed by atoms with van der Waals surface area (Å²) >= 11 is 7.60. The normalized spacial score (nSPS) is 20.2. The summed E-state index contributed by atoms with van der Waals surface area (Å²) in [5.41, 5.74) is 6.85. The molecule has 4 aromatic rings. The Balaban J connectivity index is 1.40. The summed E-state index contributed by atoms with van der Waals surface area (Å²) in [7, 11) is 0. The van der Waals surface area contributed by atoms with Crippen molar-refractivity contribution < 1.29 is 18.9 Å². The van der Waals surface area contributed by atoms with E-state index in [-0.39, 0.29) is 12.2 Å². The highest BCUT2D eigenvalue weighted by Gasteiger charge is 2.46. The highest BCUT2D eigenvalue weighted by Crippen LogP contribution is 2.57. The Morgan fingerprint density at radius 1 is 0.649 bits per heavy atom. The van der Waals surface area contributed by atoms with E-state index in [1.54, 1.807) is 0 Å². The Hall–Kier alpha value is -2.64. The first-order chi connectivity index (χ1) is 18.1. The van der Waals surface area contributed by atoms with Crippen molar-refractivity contribution in [2.75, 3.05) is 26.4 Å². The quantitative estimate of drug-likeness (QED) is 0.173. The zero-order chi connectivity index (χ0) is 25.0. The lowest BCUT2D eigenvalue weighted by atomic mass is 9.67. The molecular formula is C31H24Br2O4. The van der Waals surface area contributed by atoms with Gasteiger partial charge >= 0.3 is 0 Å². The van der Waals surface area contributed by atoms with Gasteiger partial charge in [0.25, 0.3) is 0 Å². The van der Waals surface area contributed by atoms with Crippen LogP contribution in [0.2, 0.25) is 0 Å². The summed E-state index contributed by atoms with van der Waals surface area (Å²) in [5.74, 6) is 1.64. The predicted molar refractivity (Wildman–Crippen MR) is 150 cm³/mol. The minimum absolute atomic E-state index is 0.205. The van der Waals surface area contributed by atoms with E-state index in [1.165, 1.54) is 33.4 Å². The number of hydrogen-bond acceptors (Lipinski definition) is 4. The second-order valence-electron chi connectivity index (χ2n) is 9.66. The largest absolute Gasteiger partial charge is 0.490 e. The first-order valence-corrected chi connectivity index (χ1v) is 14.0. The molecule has 2 aliphatic heterocycles. The number of halogens is 2. The fraction of sp³-hybridized carbons (Fsp3) is 0.226. The SMILES string of the molecule is Brc1cc(C2(c3ccc(OCC4CO4)c(Br)c3)c3ccccc3-c3ccccc32)ccc1OCC1CO1. The lowest BCUT2D eigenvalue weighted by Crippen LogP contribution is -2.28. The number of rotatable bonds is 8. The van der Waals surface area contributed by atoms with Crippen LogP contribution in [0.4, 0.5) is 0 Å². The molecule has 2 fully saturated rings. The highest BCUT2D eigenvalue weighted by atomic mass is 79.9. The molecule has 2 heterocycles. The number of benzene rings is 4. The minimum atomic E-state index is -0.505. The molecule has 0 spiro atoms. The molecule has 2 saturated heterocycles. The lowest BCUT2D eigenvalue weighted by Gasteiger charge is -2.34. The van der Waals surface area contributed by atoms with Gasteiger partial charge in [-0.25, -0.2) is 0 Å². The first-order valence-electron chi connectivity index (χ1n) is 12.4. The van der Waals surface area contributed by atoms with Gasteiger partial charge in [-0.05, 0) is 89.5 Å². The summed E-state index contributed by atoms with van der Waals surface area (Å²) in [5, 5.41) is 0. The number of epoxide rings is 2. The van der Waals surface area contributed by atoms with Gasteiger partial charge in [0.05, 0.1) is 27.6 Å². The van der Waals surface area contributed by atoms with Crippen molar-refractivity contribution in [3.8, 4) is 22.6 Å². The third-order valence-corrected chi connectivity index (χ3v) is 8.58. The van der Waals surface area contributed by atoms with E-state index in [9.17, 15) is 0 Å². The molecule has 0 saturated carbocycles. The number of hydrogen-bond donors (Lipinski definition) is 0. The smallest absolute Gasteiger partial charge is 0.133 e. The second-order valence-corrected chi connectivity index (χ2v) is 11.4. The molecule has 0 radical (unpaired) electrons. The van der Waals surface area contributed by atoms with Crippen LogP contribution in [-0.2, 0) is 14.9 Å². The van der Waals surface area contributed by atoms with Gasteiger partial charge in [0.1, 0.15) is 36.9 Å². The van der Waals surface area contributed by atoms with Crippen LogP contribution < -0.4 is 9.47 Å². The van der Waals surface area contributed by atoms with Crippen molar-refractivity contribution in [2.45, 2.75) is 17.6 Å². The van der Waals surface area contributed by atoms with Gasteiger partial charge in [0.15, 0.2) is 0 Å². The third kappa shape index (κ3) is 4.11. The molecule has 2 unspecified atom stereocenters. The van der Waals surface area contributed by atoms with E-state index in [1.807, 2.05) is 0 Å². The molecule has 0 aromatic heterocycles. The predicted octanol–water partition coefficient (Wildman–Crippen LogP) is 7.13. The standard InChI is InChI=1S/C31H24Br2O4/c32-27-13-19(9-11-29(27)36-17-21-15-34-21)31(20-10-12-30(28(33)14-20)37-18-22-16-35-22)25-7-3-1-5-23(25)24-6-2-4-8-26(24)31/h1-14,21-22H,15-18H2. The number of ether oxygens (including phenoxy) is 4. The van der Waals surface area contributed by atoms with Crippen LogP contribution in [0.25, 0.3) is 11.1 Å². The molecule has 3 aliphatic rings. The summed E-state index contributed by atoms with van der Waals surface area (Å²) < 4.78 is 24.6. The van der Waals surface area contributed by atoms with E-state index >= 15 is 0 Å². The Morgan fingerprint density at radius 2 is 1.08 bits per heavy atom. The summed E-state index contributed by atoms with van der Waals surface area (Å²) in [6.45, 7) is 2.67. The second kappa shape index (κ2) is 9.28. The van der Waals surface area contributed by atoms with E-state index in [0.29, 0.717) is 13.2 Å². The van der Waals surface area contributed by atoms with Gasteiger partial charge in [0.2, 0.25) is 0 Å². The van der Waals surface area contributed by atoms with Crippen LogP contribution in [0.1, 0.15) is 22.3 Å². The van der Waals surface area contributed by atoms with Gasteiger partial charge in [-0.2, -0.15) is 0 Å². The molecule has 1 aliphatic carbocycles. The topological polar surface area (TPSA) is 43.5 Å². The van der Waals surface area contributed by atoms with Crippen molar-refractivity contribution in [1.29, 1.82) is 0 Å². The van der Waals surface area contributed by atoms with Gasteiger partial charge in [-0.15, -0.1) is 0 Å². The average Bonchev–Trinajstić information content (AvgIpc) is 3.85. The lowest BCUT2D eigenvalue weighted by molar-refractivity contribution is 0.261. The number of fused-ring (bicyclic) bond motifs is 3. The van der Waals surface area contributed by atoms with Crippen LogP contribution in [0.15, 0.2) is 93.9 Å². The molecule has 0 N–H and O–H groups in total. The molecule has 186 valence electrons. The Morgan fingerprint density at radius 3 is 1.49 bits per heavy atom. The molecule has 2 atom stereocenters. The molecule has 4 nitrogen and oxygen atoms in total. The Kier molecular flexibility index (Phi) is 5.89. The van der Waals surface area contributed by atoms with E-state index in [0.717, 1.165) is 33.7 Å². The highest BCUT2D eigenvalue weighted by molar-refractivity contribution is 9.10. The molecule has 37 heavy (non-hydrogen) atoms. The van der Waals surface area contributed by atoms with Crippen molar-refractivity contribution in [3.63, 3.8) is 0 Å². The van der Waals surface area contributed by atoms with E-state index < -0.39 is 5.41 Å². The zero-order valence-electron chi connectivity index (χ0n) is 20.0. The van der Waals surface area contributed by atoms with Gasteiger partial charge < -0.3 is 18.9 Å². The van der Waals surface area contributed by atoms with Gasteiger partial charge in [-0.1, -0.05) is 60.7 Å². The maximum atomic E-state index is 6.04. The molecule has 0 amide bonds. The zero-order valence-corrected chi connectivity index (χ0v) is 23.1. The third-order valence-electron chi connectivity index (χ3n) is 7.34. The monoisotopic (exact) mass is 618 g/mol. The van der Waals surface area contributed by atoms with Crippen LogP contribution in [0.5, 0.6) is 11.5 Å². The summed E-state index contributed by atoms with van der Waals surface area (Å²) in [4.78, 5) is 0. The summed E-state index contributed by atoms with van der Waals surface area (Å²) in [6, 6.07) is 30.3. The van der Waals surface area contributed by atoms with Crippen LogP contribution in [-0.4, -0.2) is 38.6 Å². The fourth-order valence-corrected chi connectivity index (χ4v) is 6.41. The fourth-order valence-electron chi connectivity index (χ4n) is 5.42. The van der Waals surface area contributed by atoms with E-state index in [4.69, 9.17) is 18.9 Å². The van der Waals surface area contributed by atoms with Crippen LogP contribution in [0, 0.1) is 0 Å². The average molecular weight is 620 g/mol. The van der Waals surface area contributed by atoms with Crippen LogP contribution in [0.3, 0.4) is 0 Å². The maximum absolute atomic E-state index is 6.04. The Labute approximate surface area is 232 Å². The minimum Gasteiger partial charge on any atom is -0.490 e. The molecule has 7 rings (SSSR count). The molecular weight excluding hydrogens is 596 g/mol. The van der Waals surface area contributed by atoms with E-state index in [2.05, 4.69) is 117 Å². The van der Waals surface area contributed by atoms with Gasteiger partial charge in [0, 0.05) is 0 Å². The van der Waals surface area contributed by atoms with Crippen molar-refractivity contribution >= 4 is 31.9 Å². The summed E-state index contributed by atoms with van der Waals surface area (Å²) in [6.07, 6.45) is 0.409. The van der Waals surface area contributed by atoms with Gasteiger partial charge in [-0.3, -0.25) is 0 Å². The Bertz CT molecular complexity index is 1380. The molecule has 6 heteroatoms. The first kappa shape index (κ1) is 23.5. The van der Waals surface area contributed by atoms with Crippen molar-refractivity contribution in [1.82, 2.24) is 0 Å². The van der Waals surface area contributed by atoms with Crippen molar-refractivity contribution in [2.24, 2.45) is 0 Å². The van der Waals surface area contributed by atoms with Crippen LogP contribution >= 0.6 is 31.9 Å². The molecule has 0 bridgehead atoms.